The molecule has 0 spiro atoms. The highest BCUT2D eigenvalue weighted by molar-refractivity contribution is 5.90. The van der Waals surface area contributed by atoms with E-state index in [1.807, 2.05) is 12.1 Å². The van der Waals surface area contributed by atoms with E-state index in [1.165, 1.54) is 0 Å². The summed E-state index contributed by atoms with van der Waals surface area (Å²) in [5, 5.41) is 6.06. The van der Waals surface area contributed by atoms with Crippen LogP contribution in [-0.2, 0) is 4.79 Å². The number of aromatic nitrogens is 1. The molecule has 2 rings (SSSR count). The van der Waals surface area contributed by atoms with Gasteiger partial charge in [-0.15, -0.1) is 0 Å². The number of rotatable bonds is 6. The second-order valence-corrected chi connectivity index (χ2v) is 4.85. The van der Waals surface area contributed by atoms with E-state index < -0.39 is 0 Å². The Labute approximate surface area is 114 Å². The lowest BCUT2D eigenvalue weighted by Gasteiger charge is -2.26. The van der Waals surface area contributed by atoms with E-state index in [0.29, 0.717) is 12.3 Å². The summed E-state index contributed by atoms with van der Waals surface area (Å²) in [6.07, 6.45) is 2.31. The van der Waals surface area contributed by atoms with Gasteiger partial charge in [-0.1, -0.05) is 0 Å². The third kappa shape index (κ3) is 3.67. The van der Waals surface area contributed by atoms with Crippen LogP contribution in [0.1, 0.15) is 20.3 Å². The largest absolute Gasteiger partial charge is 0.357 e. The third-order valence-corrected chi connectivity index (χ3v) is 3.46. The van der Waals surface area contributed by atoms with Crippen LogP contribution in [0.4, 0.5) is 11.5 Å². The highest BCUT2D eigenvalue weighted by atomic mass is 16.1. The van der Waals surface area contributed by atoms with E-state index in [9.17, 15) is 4.79 Å². The fourth-order valence-corrected chi connectivity index (χ4v) is 2.16. The Bertz CT molecular complexity index is 410. The summed E-state index contributed by atoms with van der Waals surface area (Å²) in [6.45, 7) is 7.98. The standard InChI is InChI=1S/C14H22N4O/c1-3-18(4-2)13-6-5-12(10-16-13)17-14(19)7-11-8-15-9-11/h5-6,10-11,15H,3-4,7-9H2,1-2H3,(H,17,19). The smallest absolute Gasteiger partial charge is 0.224 e. The molecule has 19 heavy (non-hydrogen) atoms. The van der Waals surface area contributed by atoms with Crippen molar-refractivity contribution in [1.29, 1.82) is 0 Å². The molecule has 104 valence electrons. The minimum absolute atomic E-state index is 0.0730. The molecule has 5 nitrogen and oxygen atoms in total. The minimum atomic E-state index is 0.0730. The molecule has 5 heteroatoms. The summed E-state index contributed by atoms with van der Waals surface area (Å²) < 4.78 is 0. The average Bonchev–Trinajstić information content (AvgIpc) is 2.37. The zero-order valence-electron chi connectivity index (χ0n) is 11.6. The molecule has 2 heterocycles. The summed E-state index contributed by atoms with van der Waals surface area (Å²) in [6, 6.07) is 3.87. The first-order valence-corrected chi connectivity index (χ1v) is 6.94. The maximum atomic E-state index is 11.8. The zero-order chi connectivity index (χ0) is 13.7. The number of carbonyl (C=O) groups is 1. The SMILES string of the molecule is CCN(CC)c1ccc(NC(=O)CC2CNC2)cn1. The van der Waals surface area contributed by atoms with Crippen LogP contribution >= 0.6 is 0 Å². The highest BCUT2D eigenvalue weighted by Crippen LogP contribution is 2.15. The number of anilines is 2. The summed E-state index contributed by atoms with van der Waals surface area (Å²) in [7, 11) is 0. The Kier molecular flexibility index (Phi) is 4.74. The third-order valence-electron chi connectivity index (χ3n) is 3.46. The van der Waals surface area contributed by atoms with Crippen molar-refractivity contribution in [2.45, 2.75) is 20.3 Å². The first-order chi connectivity index (χ1) is 9.22. The van der Waals surface area contributed by atoms with Crippen molar-refractivity contribution >= 4 is 17.4 Å². The molecule has 1 saturated heterocycles. The lowest BCUT2D eigenvalue weighted by atomic mass is 9.99. The van der Waals surface area contributed by atoms with Gasteiger partial charge in [0.05, 0.1) is 11.9 Å². The van der Waals surface area contributed by atoms with E-state index >= 15 is 0 Å². The Hall–Kier alpha value is -1.62. The molecule has 0 saturated carbocycles. The van der Waals surface area contributed by atoms with Gasteiger partial charge in [0.15, 0.2) is 0 Å². The molecule has 1 fully saturated rings. The normalized spacial score (nSPS) is 14.8. The molecule has 0 bridgehead atoms. The molecule has 0 unspecified atom stereocenters. The summed E-state index contributed by atoms with van der Waals surface area (Å²) in [4.78, 5) is 18.3. The molecule has 0 aliphatic carbocycles. The van der Waals surface area contributed by atoms with Gasteiger partial charge in [-0.25, -0.2) is 4.98 Å². The molecule has 1 aliphatic heterocycles. The molecule has 1 aromatic rings. The van der Waals surface area contributed by atoms with Crippen molar-refractivity contribution in [3.05, 3.63) is 18.3 Å². The summed E-state index contributed by atoms with van der Waals surface area (Å²) in [5.74, 6) is 1.51. The molecule has 0 atom stereocenters. The van der Waals surface area contributed by atoms with Gasteiger partial charge in [0.25, 0.3) is 0 Å². The quantitative estimate of drug-likeness (QED) is 0.815. The second-order valence-electron chi connectivity index (χ2n) is 4.85. The fourth-order valence-electron chi connectivity index (χ4n) is 2.16. The van der Waals surface area contributed by atoms with Gasteiger partial charge >= 0.3 is 0 Å². The van der Waals surface area contributed by atoms with E-state index in [4.69, 9.17) is 0 Å². The van der Waals surface area contributed by atoms with Crippen LogP contribution in [0.5, 0.6) is 0 Å². The lowest BCUT2D eigenvalue weighted by molar-refractivity contribution is -0.117. The second kappa shape index (κ2) is 6.52. The van der Waals surface area contributed by atoms with Crippen molar-refractivity contribution in [2.24, 2.45) is 5.92 Å². The van der Waals surface area contributed by atoms with Crippen LogP contribution in [0.3, 0.4) is 0 Å². The van der Waals surface area contributed by atoms with Gasteiger partial charge in [0, 0.05) is 19.5 Å². The molecular formula is C14H22N4O. The minimum Gasteiger partial charge on any atom is -0.357 e. The molecule has 0 radical (unpaired) electrons. The first-order valence-electron chi connectivity index (χ1n) is 6.94. The molecule has 1 aliphatic rings. The predicted molar refractivity (Wildman–Crippen MR) is 77.4 cm³/mol. The van der Waals surface area contributed by atoms with Crippen molar-refractivity contribution < 1.29 is 4.79 Å². The van der Waals surface area contributed by atoms with Gasteiger partial charge < -0.3 is 15.5 Å². The topological polar surface area (TPSA) is 57.3 Å². The number of nitrogens with one attached hydrogen (secondary N) is 2. The first kappa shape index (κ1) is 13.8. The van der Waals surface area contributed by atoms with Crippen molar-refractivity contribution in [1.82, 2.24) is 10.3 Å². The Morgan fingerprint density at radius 3 is 2.63 bits per heavy atom. The summed E-state index contributed by atoms with van der Waals surface area (Å²) in [5.41, 5.74) is 0.771. The van der Waals surface area contributed by atoms with Crippen molar-refractivity contribution in [2.75, 3.05) is 36.4 Å². The number of carbonyl (C=O) groups excluding carboxylic acids is 1. The van der Waals surface area contributed by atoms with Gasteiger partial charge in [-0.05, 0) is 45.0 Å². The van der Waals surface area contributed by atoms with Crippen LogP contribution in [0.15, 0.2) is 18.3 Å². The van der Waals surface area contributed by atoms with Gasteiger partial charge in [-0.2, -0.15) is 0 Å². The molecule has 0 aromatic carbocycles. The molecule has 2 N–H and O–H groups in total. The number of hydrogen-bond acceptors (Lipinski definition) is 4. The van der Waals surface area contributed by atoms with Gasteiger partial charge in [0.2, 0.25) is 5.91 Å². The molecule has 1 aromatic heterocycles. The van der Waals surface area contributed by atoms with Gasteiger partial charge in [-0.3, -0.25) is 4.79 Å². The predicted octanol–water partition coefficient (Wildman–Crippen LogP) is 1.48. The van der Waals surface area contributed by atoms with Crippen LogP contribution < -0.4 is 15.5 Å². The number of pyridine rings is 1. The molecule has 1 amide bonds. The van der Waals surface area contributed by atoms with Crippen LogP contribution in [0, 0.1) is 5.92 Å². The highest BCUT2D eigenvalue weighted by Gasteiger charge is 2.20. The number of hydrogen-bond donors (Lipinski definition) is 2. The maximum absolute atomic E-state index is 11.8. The van der Waals surface area contributed by atoms with E-state index in [2.05, 4.69) is 34.4 Å². The maximum Gasteiger partial charge on any atom is 0.224 e. The van der Waals surface area contributed by atoms with Crippen LogP contribution in [-0.4, -0.2) is 37.1 Å². The van der Waals surface area contributed by atoms with E-state index in [-0.39, 0.29) is 5.91 Å². The van der Waals surface area contributed by atoms with Crippen LogP contribution in [0.2, 0.25) is 0 Å². The fraction of sp³-hybridized carbons (Fsp3) is 0.571. The van der Waals surface area contributed by atoms with E-state index in [0.717, 1.165) is 37.7 Å². The van der Waals surface area contributed by atoms with Crippen LogP contribution in [0.25, 0.3) is 0 Å². The van der Waals surface area contributed by atoms with Crippen molar-refractivity contribution in [3.8, 4) is 0 Å². The number of amides is 1. The monoisotopic (exact) mass is 262 g/mol. The lowest BCUT2D eigenvalue weighted by Crippen LogP contribution is -2.43. The molecular weight excluding hydrogens is 240 g/mol. The summed E-state index contributed by atoms with van der Waals surface area (Å²) >= 11 is 0. The Morgan fingerprint density at radius 2 is 2.16 bits per heavy atom. The average molecular weight is 262 g/mol. The van der Waals surface area contributed by atoms with Crippen molar-refractivity contribution in [3.63, 3.8) is 0 Å². The zero-order valence-corrected chi connectivity index (χ0v) is 11.6. The Morgan fingerprint density at radius 1 is 1.42 bits per heavy atom. The number of nitrogens with zero attached hydrogens (tertiary/aromatic N) is 2. The van der Waals surface area contributed by atoms with E-state index in [1.54, 1.807) is 6.20 Å². The van der Waals surface area contributed by atoms with Gasteiger partial charge in [0.1, 0.15) is 5.82 Å². The Balaban J connectivity index is 1.88.